The minimum absolute atomic E-state index is 0.0751. The van der Waals surface area contributed by atoms with Crippen LogP contribution in [0.3, 0.4) is 0 Å². The molecule has 0 fully saturated rings. The summed E-state index contributed by atoms with van der Waals surface area (Å²) in [6.07, 6.45) is 0.161. The van der Waals surface area contributed by atoms with E-state index in [1.807, 2.05) is 24.3 Å². The van der Waals surface area contributed by atoms with Crippen molar-refractivity contribution in [1.82, 2.24) is 4.31 Å². The highest BCUT2D eigenvalue weighted by Crippen LogP contribution is 2.24. The number of hydrogen-bond donors (Lipinski definition) is 1. The smallest absolute Gasteiger partial charge is 0.243 e. The summed E-state index contributed by atoms with van der Waals surface area (Å²) < 4.78 is 32.3. The molecular weight excluding hydrogens is 400 g/mol. The third kappa shape index (κ3) is 6.31. The molecule has 0 aliphatic rings. The molecule has 164 valence electrons. The Kier molecular flexibility index (Phi) is 8.03. The van der Waals surface area contributed by atoms with E-state index in [1.165, 1.54) is 22.0 Å². The maximum Gasteiger partial charge on any atom is 0.243 e. The number of hydrogen-bond acceptors (Lipinski definition) is 4. The number of nitrogens with one attached hydrogen (secondary N) is 1. The van der Waals surface area contributed by atoms with Gasteiger partial charge in [-0.05, 0) is 41.3 Å². The highest BCUT2D eigenvalue weighted by molar-refractivity contribution is 7.89. The fraction of sp³-hybridized carbons (Fsp3) is 0.435. The van der Waals surface area contributed by atoms with Crippen LogP contribution in [-0.2, 0) is 20.2 Å². The third-order valence-electron chi connectivity index (χ3n) is 4.78. The third-order valence-corrected chi connectivity index (χ3v) is 6.83. The van der Waals surface area contributed by atoms with Gasteiger partial charge in [-0.15, -0.1) is 0 Å². The van der Waals surface area contributed by atoms with Crippen LogP contribution in [0.25, 0.3) is 0 Å². The van der Waals surface area contributed by atoms with Crippen LogP contribution in [0, 0.1) is 0 Å². The second kappa shape index (κ2) is 10.1. The molecule has 0 unspecified atom stereocenters. The average Bonchev–Trinajstić information content (AvgIpc) is 2.68. The number of ether oxygens (including phenoxy) is 1. The molecule has 30 heavy (non-hydrogen) atoms. The first-order valence-electron chi connectivity index (χ1n) is 10.2. The van der Waals surface area contributed by atoms with Gasteiger partial charge in [0.05, 0.1) is 17.9 Å². The Balaban J connectivity index is 1.93. The van der Waals surface area contributed by atoms with Crippen LogP contribution >= 0.6 is 0 Å². The number of rotatable bonds is 9. The fourth-order valence-electron chi connectivity index (χ4n) is 2.98. The number of benzene rings is 2. The molecule has 0 atom stereocenters. The molecule has 0 spiro atoms. The van der Waals surface area contributed by atoms with Crippen LogP contribution < -0.4 is 10.1 Å². The summed E-state index contributed by atoms with van der Waals surface area (Å²) in [5.41, 5.74) is 1.74. The van der Waals surface area contributed by atoms with Gasteiger partial charge in [0.1, 0.15) is 5.75 Å². The van der Waals surface area contributed by atoms with Gasteiger partial charge in [0.15, 0.2) is 0 Å². The predicted molar refractivity (Wildman–Crippen MR) is 120 cm³/mol. The van der Waals surface area contributed by atoms with Crippen LogP contribution in [0.15, 0.2) is 53.4 Å². The molecule has 7 heteroatoms. The van der Waals surface area contributed by atoms with Crippen molar-refractivity contribution in [2.75, 3.05) is 25.0 Å². The van der Waals surface area contributed by atoms with Crippen molar-refractivity contribution in [3.05, 3.63) is 54.1 Å². The van der Waals surface area contributed by atoms with Crippen LogP contribution in [-0.4, -0.2) is 38.3 Å². The summed E-state index contributed by atoms with van der Waals surface area (Å²) in [6.45, 7) is 11.1. The zero-order chi connectivity index (χ0) is 22.4. The van der Waals surface area contributed by atoms with E-state index in [9.17, 15) is 13.2 Å². The standard InChI is InChI=1S/C23H32N2O4S/c1-6-25(7-2)30(27,28)21-10-8-9-19(17-21)24-22(26)15-16-29-20-13-11-18(12-14-20)23(3,4)5/h8-14,17H,6-7,15-16H2,1-5H3,(H,24,26). The first-order valence-corrected chi connectivity index (χ1v) is 11.6. The minimum atomic E-state index is -3.57. The quantitative estimate of drug-likeness (QED) is 0.636. The molecule has 2 rings (SSSR count). The van der Waals surface area contributed by atoms with Crippen molar-refractivity contribution in [1.29, 1.82) is 0 Å². The average molecular weight is 433 g/mol. The van der Waals surface area contributed by atoms with Crippen molar-refractivity contribution in [2.45, 2.75) is 51.3 Å². The molecule has 2 aromatic carbocycles. The Morgan fingerprint density at radius 3 is 2.23 bits per heavy atom. The Bertz CT molecular complexity index is 944. The lowest BCUT2D eigenvalue weighted by Crippen LogP contribution is -2.30. The maximum absolute atomic E-state index is 12.6. The summed E-state index contributed by atoms with van der Waals surface area (Å²) in [6, 6.07) is 14.2. The van der Waals surface area contributed by atoms with Gasteiger partial charge in [-0.25, -0.2) is 8.42 Å². The second-order valence-electron chi connectivity index (χ2n) is 8.04. The Hall–Kier alpha value is -2.38. The normalized spacial score (nSPS) is 12.1. The minimum Gasteiger partial charge on any atom is -0.493 e. The predicted octanol–water partition coefficient (Wildman–Crippen LogP) is 4.42. The lowest BCUT2D eigenvalue weighted by atomic mass is 9.87. The summed E-state index contributed by atoms with van der Waals surface area (Å²) in [7, 11) is -3.57. The van der Waals surface area contributed by atoms with Gasteiger partial charge in [0.25, 0.3) is 0 Å². The number of amides is 1. The molecule has 6 nitrogen and oxygen atoms in total. The van der Waals surface area contributed by atoms with E-state index in [2.05, 4.69) is 26.1 Å². The van der Waals surface area contributed by atoms with Crippen molar-refractivity contribution in [3.8, 4) is 5.75 Å². The molecule has 0 radical (unpaired) electrons. The number of anilines is 1. The summed E-state index contributed by atoms with van der Waals surface area (Å²) in [5, 5.41) is 2.74. The molecule has 0 bridgehead atoms. The molecular formula is C23H32N2O4S. The lowest BCUT2D eigenvalue weighted by Gasteiger charge is -2.19. The van der Waals surface area contributed by atoms with Gasteiger partial charge in [-0.1, -0.05) is 52.8 Å². The summed E-state index contributed by atoms with van der Waals surface area (Å²) >= 11 is 0. The second-order valence-corrected chi connectivity index (χ2v) is 9.98. The molecule has 1 amide bonds. The van der Waals surface area contributed by atoms with Gasteiger partial charge in [0, 0.05) is 18.8 Å². The number of carbonyl (C=O) groups excluding carboxylic acids is 1. The van der Waals surface area contributed by atoms with E-state index in [0.717, 1.165) is 0 Å². The van der Waals surface area contributed by atoms with Gasteiger partial charge in [-0.2, -0.15) is 4.31 Å². The SMILES string of the molecule is CCN(CC)S(=O)(=O)c1cccc(NC(=O)CCOc2ccc(C(C)(C)C)cc2)c1. The van der Waals surface area contributed by atoms with Crippen molar-refractivity contribution < 1.29 is 17.9 Å². The molecule has 1 N–H and O–H groups in total. The lowest BCUT2D eigenvalue weighted by molar-refractivity contribution is -0.116. The van der Waals surface area contributed by atoms with Gasteiger partial charge < -0.3 is 10.1 Å². The van der Waals surface area contributed by atoms with Crippen LogP contribution in [0.4, 0.5) is 5.69 Å². The van der Waals surface area contributed by atoms with E-state index in [1.54, 1.807) is 26.0 Å². The van der Waals surface area contributed by atoms with Crippen molar-refractivity contribution in [2.24, 2.45) is 0 Å². The summed E-state index contributed by atoms with van der Waals surface area (Å²) in [4.78, 5) is 12.4. The Morgan fingerprint density at radius 2 is 1.67 bits per heavy atom. The van der Waals surface area contributed by atoms with Gasteiger partial charge in [-0.3, -0.25) is 4.79 Å². The van der Waals surface area contributed by atoms with Gasteiger partial charge >= 0.3 is 0 Å². The van der Waals surface area contributed by atoms with E-state index in [-0.39, 0.29) is 29.2 Å². The zero-order valence-corrected chi connectivity index (χ0v) is 19.3. The summed E-state index contributed by atoms with van der Waals surface area (Å²) in [5.74, 6) is 0.474. The van der Waals surface area contributed by atoms with Crippen LogP contribution in [0.5, 0.6) is 5.75 Å². The van der Waals surface area contributed by atoms with Gasteiger partial charge in [0.2, 0.25) is 15.9 Å². The van der Waals surface area contributed by atoms with E-state index < -0.39 is 10.0 Å². The first kappa shape index (κ1) is 23.9. The van der Waals surface area contributed by atoms with E-state index in [4.69, 9.17) is 4.74 Å². The molecule has 0 aliphatic heterocycles. The highest BCUT2D eigenvalue weighted by atomic mass is 32.2. The highest BCUT2D eigenvalue weighted by Gasteiger charge is 2.21. The largest absolute Gasteiger partial charge is 0.493 e. The number of nitrogens with zero attached hydrogens (tertiary/aromatic N) is 1. The molecule has 0 heterocycles. The molecule has 2 aromatic rings. The van der Waals surface area contributed by atoms with E-state index >= 15 is 0 Å². The first-order chi connectivity index (χ1) is 14.1. The van der Waals surface area contributed by atoms with Crippen molar-refractivity contribution in [3.63, 3.8) is 0 Å². The Labute approximate surface area is 180 Å². The molecule has 0 aromatic heterocycles. The fourth-order valence-corrected chi connectivity index (χ4v) is 4.49. The van der Waals surface area contributed by atoms with Crippen molar-refractivity contribution >= 4 is 21.6 Å². The number of carbonyl (C=O) groups is 1. The monoisotopic (exact) mass is 432 g/mol. The van der Waals surface area contributed by atoms with E-state index in [0.29, 0.717) is 24.5 Å². The molecule has 0 saturated carbocycles. The number of sulfonamides is 1. The topological polar surface area (TPSA) is 75.7 Å². The Morgan fingerprint density at radius 1 is 1.03 bits per heavy atom. The van der Waals surface area contributed by atoms with Crippen LogP contribution in [0.2, 0.25) is 0 Å². The molecule has 0 aliphatic carbocycles. The molecule has 0 saturated heterocycles. The maximum atomic E-state index is 12.6. The zero-order valence-electron chi connectivity index (χ0n) is 18.4. The van der Waals surface area contributed by atoms with Crippen LogP contribution in [0.1, 0.15) is 46.6 Å².